The number of nitrogens with one attached hydrogen (secondary N) is 2. The number of hydrogen-bond donors (Lipinski definition) is 2. The van der Waals surface area contributed by atoms with Crippen molar-refractivity contribution < 1.29 is 8.42 Å². The van der Waals surface area contributed by atoms with Gasteiger partial charge in [0.1, 0.15) is 4.21 Å². The minimum absolute atomic E-state index is 0.173. The fraction of sp³-hybridized carbons (Fsp3) is 0.316. The van der Waals surface area contributed by atoms with Crippen LogP contribution in [0.3, 0.4) is 0 Å². The standard InChI is InChI=1S/C19H22N2O3S2/c1-4-16-5-6-17(25-16)26(23,24)20-8-7-14-11-15-10-12(2)9-13(3)18(15)21-19(14)22/h5-6,9-11,20H,4,7-8H2,1-3H3,(H,21,22). The van der Waals surface area contributed by atoms with E-state index in [9.17, 15) is 13.2 Å². The van der Waals surface area contributed by atoms with E-state index in [1.807, 2.05) is 45.0 Å². The molecule has 5 nitrogen and oxygen atoms in total. The highest BCUT2D eigenvalue weighted by molar-refractivity contribution is 7.91. The second kappa shape index (κ2) is 7.34. The van der Waals surface area contributed by atoms with Crippen LogP contribution < -0.4 is 10.3 Å². The molecule has 2 aromatic heterocycles. The van der Waals surface area contributed by atoms with Crippen LogP contribution >= 0.6 is 11.3 Å². The maximum absolute atomic E-state index is 12.4. The van der Waals surface area contributed by atoms with Crippen LogP contribution in [-0.2, 0) is 22.9 Å². The Morgan fingerprint density at radius 3 is 2.62 bits per heavy atom. The summed E-state index contributed by atoms with van der Waals surface area (Å²) in [6.07, 6.45) is 1.15. The van der Waals surface area contributed by atoms with Crippen molar-refractivity contribution in [2.24, 2.45) is 0 Å². The lowest BCUT2D eigenvalue weighted by molar-refractivity contribution is 0.583. The van der Waals surface area contributed by atoms with Gasteiger partial charge in [-0.05, 0) is 61.9 Å². The summed E-state index contributed by atoms with van der Waals surface area (Å²) in [7, 11) is -3.53. The maximum Gasteiger partial charge on any atom is 0.251 e. The van der Waals surface area contributed by atoms with E-state index in [4.69, 9.17) is 0 Å². The number of aryl methyl sites for hydroxylation is 3. The van der Waals surface area contributed by atoms with Crippen LogP contribution in [0.15, 0.2) is 39.3 Å². The average Bonchev–Trinajstić information content (AvgIpc) is 3.06. The fourth-order valence-corrected chi connectivity index (χ4v) is 5.37. The van der Waals surface area contributed by atoms with Gasteiger partial charge in [0.05, 0.1) is 5.52 Å². The quantitative estimate of drug-likeness (QED) is 0.678. The molecule has 0 unspecified atom stereocenters. The van der Waals surface area contributed by atoms with Gasteiger partial charge in [0.15, 0.2) is 0 Å². The van der Waals surface area contributed by atoms with Crippen molar-refractivity contribution in [2.45, 2.75) is 37.8 Å². The maximum atomic E-state index is 12.4. The second-order valence-corrected chi connectivity index (χ2v) is 9.55. The van der Waals surface area contributed by atoms with Crippen LogP contribution in [0.4, 0.5) is 0 Å². The molecule has 2 N–H and O–H groups in total. The molecule has 0 fully saturated rings. The first kappa shape index (κ1) is 18.8. The molecule has 0 amide bonds. The molecule has 0 aliphatic carbocycles. The first-order chi connectivity index (χ1) is 12.3. The lowest BCUT2D eigenvalue weighted by Crippen LogP contribution is -2.27. The van der Waals surface area contributed by atoms with Gasteiger partial charge in [-0.2, -0.15) is 0 Å². The SMILES string of the molecule is CCc1ccc(S(=O)(=O)NCCc2cc3cc(C)cc(C)c3[nH]c2=O)s1. The molecule has 7 heteroatoms. The van der Waals surface area contributed by atoms with E-state index in [1.165, 1.54) is 11.3 Å². The average molecular weight is 391 g/mol. The molecule has 138 valence electrons. The summed E-state index contributed by atoms with van der Waals surface area (Å²) in [6, 6.07) is 9.35. The Morgan fingerprint density at radius 1 is 1.15 bits per heavy atom. The molecule has 1 aromatic carbocycles. The molecular weight excluding hydrogens is 368 g/mol. The summed E-state index contributed by atoms with van der Waals surface area (Å²) in [5.74, 6) is 0. The van der Waals surface area contributed by atoms with E-state index in [0.29, 0.717) is 16.2 Å². The number of rotatable bonds is 6. The van der Waals surface area contributed by atoms with Gasteiger partial charge in [-0.1, -0.05) is 18.6 Å². The molecule has 3 aromatic rings. The number of H-pyrrole nitrogens is 1. The number of hydrogen-bond acceptors (Lipinski definition) is 4. The predicted molar refractivity (Wildman–Crippen MR) is 107 cm³/mol. The second-order valence-electron chi connectivity index (χ2n) is 6.39. The topological polar surface area (TPSA) is 79.0 Å². The molecule has 0 bridgehead atoms. The molecule has 0 aliphatic rings. The van der Waals surface area contributed by atoms with Crippen molar-refractivity contribution in [3.8, 4) is 0 Å². The van der Waals surface area contributed by atoms with E-state index >= 15 is 0 Å². The van der Waals surface area contributed by atoms with Crippen molar-refractivity contribution in [3.05, 3.63) is 62.3 Å². The first-order valence-corrected chi connectivity index (χ1v) is 10.8. The molecule has 0 saturated carbocycles. The number of pyridine rings is 1. The summed E-state index contributed by atoms with van der Waals surface area (Å²) in [5, 5.41) is 0.964. The highest BCUT2D eigenvalue weighted by atomic mass is 32.2. The van der Waals surface area contributed by atoms with Gasteiger partial charge in [0.25, 0.3) is 5.56 Å². The van der Waals surface area contributed by atoms with Gasteiger partial charge in [-0.25, -0.2) is 13.1 Å². The number of aromatic nitrogens is 1. The van der Waals surface area contributed by atoms with Gasteiger partial charge in [-0.3, -0.25) is 4.79 Å². The molecule has 0 saturated heterocycles. The first-order valence-electron chi connectivity index (χ1n) is 8.51. The van der Waals surface area contributed by atoms with Gasteiger partial charge >= 0.3 is 0 Å². The Balaban J connectivity index is 1.77. The van der Waals surface area contributed by atoms with Crippen LogP contribution in [0.25, 0.3) is 10.9 Å². The summed E-state index contributed by atoms with van der Waals surface area (Å²) in [6.45, 7) is 6.15. The zero-order valence-electron chi connectivity index (χ0n) is 15.0. The number of thiophene rings is 1. The molecule has 0 aliphatic heterocycles. The zero-order valence-corrected chi connectivity index (χ0v) is 16.7. The van der Waals surface area contributed by atoms with E-state index in [1.54, 1.807) is 6.07 Å². The summed E-state index contributed by atoms with van der Waals surface area (Å²) in [5.41, 5.74) is 3.38. The lowest BCUT2D eigenvalue weighted by Gasteiger charge is -2.08. The monoisotopic (exact) mass is 390 g/mol. The minimum Gasteiger partial charge on any atom is -0.321 e. The predicted octanol–water partition coefficient (Wildman–Crippen LogP) is 3.29. The summed E-state index contributed by atoms with van der Waals surface area (Å²) >= 11 is 1.28. The molecular formula is C19H22N2O3S2. The van der Waals surface area contributed by atoms with Gasteiger partial charge in [0.2, 0.25) is 10.0 Å². The summed E-state index contributed by atoms with van der Waals surface area (Å²) in [4.78, 5) is 16.3. The summed E-state index contributed by atoms with van der Waals surface area (Å²) < 4.78 is 27.6. The molecule has 0 atom stereocenters. The van der Waals surface area contributed by atoms with Crippen LogP contribution in [0.2, 0.25) is 0 Å². The minimum atomic E-state index is -3.53. The number of aromatic amines is 1. The number of fused-ring (bicyclic) bond motifs is 1. The Hall–Kier alpha value is -1.96. The Kier molecular flexibility index (Phi) is 5.32. The third-order valence-electron chi connectivity index (χ3n) is 4.31. The molecule has 2 heterocycles. The van der Waals surface area contributed by atoms with E-state index in [2.05, 4.69) is 9.71 Å². The Morgan fingerprint density at radius 2 is 1.92 bits per heavy atom. The lowest BCUT2D eigenvalue weighted by atomic mass is 10.0. The fourth-order valence-electron chi connectivity index (χ4n) is 3.00. The normalized spacial score (nSPS) is 12.0. The third kappa shape index (κ3) is 3.90. The van der Waals surface area contributed by atoms with Gasteiger partial charge < -0.3 is 4.98 Å². The van der Waals surface area contributed by atoms with Crippen LogP contribution in [-0.4, -0.2) is 19.9 Å². The van der Waals surface area contributed by atoms with E-state index in [-0.39, 0.29) is 12.1 Å². The smallest absolute Gasteiger partial charge is 0.251 e. The third-order valence-corrected chi connectivity index (χ3v) is 7.49. The molecule has 0 spiro atoms. The molecule has 3 rings (SSSR count). The van der Waals surface area contributed by atoms with Crippen molar-refractivity contribution >= 4 is 32.3 Å². The van der Waals surface area contributed by atoms with E-state index < -0.39 is 10.0 Å². The number of sulfonamides is 1. The molecule has 26 heavy (non-hydrogen) atoms. The highest BCUT2D eigenvalue weighted by Crippen LogP contribution is 2.22. The Labute approximate surface area is 157 Å². The molecule has 0 radical (unpaired) electrons. The van der Waals surface area contributed by atoms with Crippen molar-refractivity contribution in [1.82, 2.24) is 9.71 Å². The van der Waals surface area contributed by atoms with Crippen molar-refractivity contribution in [2.75, 3.05) is 6.54 Å². The number of benzene rings is 1. The zero-order chi connectivity index (χ0) is 18.9. The Bertz CT molecular complexity index is 1110. The van der Waals surface area contributed by atoms with Crippen LogP contribution in [0.5, 0.6) is 0 Å². The van der Waals surface area contributed by atoms with Gasteiger partial charge in [-0.15, -0.1) is 11.3 Å². The van der Waals surface area contributed by atoms with E-state index in [0.717, 1.165) is 33.3 Å². The van der Waals surface area contributed by atoms with Crippen LogP contribution in [0.1, 0.15) is 28.5 Å². The largest absolute Gasteiger partial charge is 0.321 e. The van der Waals surface area contributed by atoms with Crippen molar-refractivity contribution in [1.29, 1.82) is 0 Å². The van der Waals surface area contributed by atoms with Gasteiger partial charge in [0, 0.05) is 17.0 Å². The highest BCUT2D eigenvalue weighted by Gasteiger charge is 2.16. The van der Waals surface area contributed by atoms with Crippen molar-refractivity contribution in [3.63, 3.8) is 0 Å². The van der Waals surface area contributed by atoms with Crippen LogP contribution in [0, 0.1) is 13.8 Å².